The monoisotopic (exact) mass is 444 g/mol. The zero-order valence-corrected chi connectivity index (χ0v) is 18.5. The van der Waals surface area contributed by atoms with Gasteiger partial charge in [0.15, 0.2) is 0 Å². The van der Waals surface area contributed by atoms with Crippen molar-refractivity contribution in [3.63, 3.8) is 0 Å². The highest BCUT2D eigenvalue weighted by Crippen LogP contribution is 2.39. The molecule has 0 aliphatic rings. The minimum Gasteiger partial charge on any atom is -0.324 e. The van der Waals surface area contributed by atoms with E-state index in [4.69, 9.17) is 4.98 Å². The lowest BCUT2D eigenvalue weighted by molar-refractivity contribution is 0.112. The second kappa shape index (κ2) is 10.1. The molecule has 0 bridgehead atoms. The van der Waals surface area contributed by atoms with Gasteiger partial charge in [0.05, 0.1) is 11.4 Å². The summed E-state index contributed by atoms with van der Waals surface area (Å²) in [5.41, 5.74) is 8.06. The van der Waals surface area contributed by atoms with Crippen LogP contribution in [0.1, 0.15) is 24.7 Å². The van der Waals surface area contributed by atoms with Crippen LogP contribution in [0.4, 0.5) is 0 Å². The Kier molecular flexibility index (Phi) is 6.84. The third kappa shape index (κ3) is 4.20. The molecule has 0 saturated carbocycles. The fourth-order valence-electron chi connectivity index (χ4n) is 4.36. The first-order valence-corrected chi connectivity index (χ1v) is 11.2. The molecule has 0 spiro atoms. The summed E-state index contributed by atoms with van der Waals surface area (Å²) in [5, 5.41) is 0. The molecule has 0 fully saturated rings. The Morgan fingerprint density at radius 1 is 0.706 bits per heavy atom. The van der Waals surface area contributed by atoms with Gasteiger partial charge in [0.25, 0.3) is 0 Å². The van der Waals surface area contributed by atoms with Gasteiger partial charge in [-0.15, -0.1) is 0 Å². The Bertz CT molecular complexity index is 1400. The molecule has 0 atom stereocenters. The van der Waals surface area contributed by atoms with E-state index in [2.05, 4.69) is 60.0 Å². The fourth-order valence-corrected chi connectivity index (χ4v) is 4.36. The zero-order valence-electron chi connectivity index (χ0n) is 18.5. The summed E-state index contributed by atoms with van der Waals surface area (Å²) in [6.07, 6.45) is 0.889. The van der Waals surface area contributed by atoms with E-state index >= 15 is 0 Å². The highest BCUT2D eigenvalue weighted by Gasteiger charge is 2.22. The van der Waals surface area contributed by atoms with Gasteiger partial charge in [-0.3, -0.25) is 4.79 Å². The topological polar surface area (TPSA) is 34.9 Å². The van der Waals surface area contributed by atoms with Crippen LogP contribution in [0.3, 0.4) is 0 Å². The minimum atomic E-state index is 0. The van der Waals surface area contributed by atoms with E-state index in [1.807, 2.05) is 60.7 Å². The molecule has 0 saturated heterocycles. The van der Waals surface area contributed by atoms with E-state index in [-0.39, 0.29) is 7.43 Å². The van der Waals surface area contributed by atoms with E-state index in [1.165, 1.54) is 0 Å². The van der Waals surface area contributed by atoms with Crippen LogP contribution in [0, 0.1) is 0 Å². The number of rotatable bonds is 6. The van der Waals surface area contributed by atoms with Crippen LogP contribution in [0.15, 0.2) is 109 Å². The summed E-state index contributed by atoms with van der Waals surface area (Å²) < 4.78 is 2.29. The molecule has 0 amide bonds. The SMILES string of the molecule is C.CCn1c(-c2ccccc2-c2cccc(C=O)c2)nc(-c2ccccc2)c1-c1ccccc1. The van der Waals surface area contributed by atoms with Gasteiger partial charge < -0.3 is 4.57 Å². The van der Waals surface area contributed by atoms with Gasteiger partial charge in [0.2, 0.25) is 0 Å². The second-order valence-electron chi connectivity index (χ2n) is 7.90. The number of hydrogen-bond donors (Lipinski definition) is 0. The molecule has 168 valence electrons. The summed E-state index contributed by atoms with van der Waals surface area (Å²) in [4.78, 5) is 16.6. The van der Waals surface area contributed by atoms with Gasteiger partial charge in [-0.2, -0.15) is 0 Å². The Morgan fingerprint density at radius 3 is 1.94 bits per heavy atom. The van der Waals surface area contributed by atoms with Crippen molar-refractivity contribution in [1.29, 1.82) is 0 Å². The lowest BCUT2D eigenvalue weighted by atomic mass is 9.98. The van der Waals surface area contributed by atoms with Crippen molar-refractivity contribution in [3.05, 3.63) is 115 Å². The zero-order chi connectivity index (χ0) is 22.6. The van der Waals surface area contributed by atoms with Crippen LogP contribution in [0.2, 0.25) is 0 Å². The van der Waals surface area contributed by atoms with Gasteiger partial charge in [0, 0.05) is 28.8 Å². The number of carbonyl (C=O) groups is 1. The van der Waals surface area contributed by atoms with Crippen molar-refractivity contribution in [3.8, 4) is 45.0 Å². The number of nitrogens with zero attached hydrogens (tertiary/aromatic N) is 2. The van der Waals surface area contributed by atoms with Crippen LogP contribution in [0.5, 0.6) is 0 Å². The molecule has 3 nitrogen and oxygen atoms in total. The summed E-state index contributed by atoms with van der Waals surface area (Å²) in [5.74, 6) is 0.919. The molecule has 0 unspecified atom stereocenters. The molecule has 0 N–H and O–H groups in total. The Hall–Kier alpha value is -4.24. The first kappa shape index (κ1) is 22.9. The van der Waals surface area contributed by atoms with E-state index < -0.39 is 0 Å². The van der Waals surface area contributed by atoms with Crippen molar-refractivity contribution in [2.45, 2.75) is 20.9 Å². The second-order valence-corrected chi connectivity index (χ2v) is 7.90. The minimum absolute atomic E-state index is 0. The molecular formula is C31H28N2O. The van der Waals surface area contributed by atoms with Crippen molar-refractivity contribution >= 4 is 6.29 Å². The molecule has 0 radical (unpaired) electrons. The van der Waals surface area contributed by atoms with Crippen molar-refractivity contribution < 1.29 is 4.79 Å². The average molecular weight is 445 g/mol. The molecule has 4 aromatic carbocycles. The van der Waals surface area contributed by atoms with E-state index in [0.29, 0.717) is 5.56 Å². The van der Waals surface area contributed by atoms with Gasteiger partial charge in [0.1, 0.15) is 12.1 Å². The molecule has 3 heteroatoms. The quantitative estimate of drug-likeness (QED) is 0.249. The van der Waals surface area contributed by atoms with Crippen LogP contribution in [0.25, 0.3) is 45.0 Å². The fraction of sp³-hybridized carbons (Fsp3) is 0.0968. The average Bonchev–Trinajstić information content (AvgIpc) is 3.29. The molecule has 1 aromatic heterocycles. The Labute approximate surface area is 201 Å². The molecule has 0 aliphatic heterocycles. The maximum Gasteiger partial charge on any atom is 0.150 e. The summed E-state index contributed by atoms with van der Waals surface area (Å²) in [6.45, 7) is 2.93. The first-order valence-electron chi connectivity index (χ1n) is 11.2. The summed E-state index contributed by atoms with van der Waals surface area (Å²) in [6, 6.07) is 36.8. The molecule has 0 aliphatic carbocycles. The third-order valence-corrected chi connectivity index (χ3v) is 5.88. The molecule has 5 rings (SSSR count). The Morgan fingerprint density at radius 2 is 1.29 bits per heavy atom. The van der Waals surface area contributed by atoms with Crippen molar-refractivity contribution in [2.24, 2.45) is 0 Å². The van der Waals surface area contributed by atoms with E-state index in [9.17, 15) is 4.79 Å². The molecule has 1 heterocycles. The van der Waals surface area contributed by atoms with Crippen molar-refractivity contribution in [1.82, 2.24) is 9.55 Å². The number of aromatic nitrogens is 2. The van der Waals surface area contributed by atoms with Gasteiger partial charge in [-0.25, -0.2) is 4.98 Å². The predicted octanol–water partition coefficient (Wildman–Crippen LogP) is 8.02. The summed E-state index contributed by atoms with van der Waals surface area (Å²) in [7, 11) is 0. The van der Waals surface area contributed by atoms with Gasteiger partial charge in [-0.05, 0) is 24.1 Å². The summed E-state index contributed by atoms with van der Waals surface area (Å²) >= 11 is 0. The molecular weight excluding hydrogens is 416 g/mol. The van der Waals surface area contributed by atoms with Gasteiger partial charge in [-0.1, -0.05) is 111 Å². The molecule has 5 aromatic rings. The largest absolute Gasteiger partial charge is 0.324 e. The van der Waals surface area contributed by atoms with Crippen molar-refractivity contribution in [2.75, 3.05) is 0 Å². The maximum atomic E-state index is 11.4. The Balaban J connectivity index is 0.00000274. The lowest BCUT2D eigenvalue weighted by Crippen LogP contribution is -2.01. The third-order valence-electron chi connectivity index (χ3n) is 5.88. The van der Waals surface area contributed by atoms with Crippen LogP contribution < -0.4 is 0 Å². The number of carbonyl (C=O) groups excluding carboxylic acids is 1. The number of benzene rings is 4. The van der Waals surface area contributed by atoms with Crippen LogP contribution in [-0.2, 0) is 6.54 Å². The highest BCUT2D eigenvalue weighted by molar-refractivity contribution is 5.88. The predicted molar refractivity (Wildman–Crippen MR) is 142 cm³/mol. The van der Waals surface area contributed by atoms with Gasteiger partial charge >= 0.3 is 0 Å². The normalized spacial score (nSPS) is 10.5. The van der Waals surface area contributed by atoms with Crippen LogP contribution in [-0.4, -0.2) is 15.8 Å². The smallest absolute Gasteiger partial charge is 0.150 e. The number of imidazole rings is 1. The van der Waals surface area contributed by atoms with E-state index in [0.717, 1.165) is 57.9 Å². The lowest BCUT2D eigenvalue weighted by Gasteiger charge is -2.14. The van der Waals surface area contributed by atoms with Crippen LogP contribution >= 0.6 is 0 Å². The number of aldehydes is 1. The van der Waals surface area contributed by atoms with E-state index in [1.54, 1.807) is 0 Å². The maximum absolute atomic E-state index is 11.4. The standard InChI is InChI=1S/C30H24N2O.CH4/c1-2-32-29(24-15-7-4-8-16-24)28(23-13-5-3-6-14-23)31-30(32)27-19-10-9-18-26(27)25-17-11-12-22(20-25)21-33;/h3-21H,2H2,1H3;1H4. The molecule has 34 heavy (non-hydrogen) atoms. The highest BCUT2D eigenvalue weighted by atomic mass is 16.1. The number of hydrogen-bond acceptors (Lipinski definition) is 2. The first-order chi connectivity index (χ1) is 16.3.